The number of halogens is 2. The van der Waals surface area contributed by atoms with Crippen molar-refractivity contribution in [3.63, 3.8) is 0 Å². The third-order valence-electron chi connectivity index (χ3n) is 4.76. The van der Waals surface area contributed by atoms with Gasteiger partial charge in [-0.15, -0.1) is 0 Å². The molecule has 1 fully saturated rings. The predicted octanol–water partition coefficient (Wildman–Crippen LogP) is 1.87. The molecule has 2 amide bonds. The van der Waals surface area contributed by atoms with Crippen LogP contribution in [0.1, 0.15) is 29.6 Å². The zero-order chi connectivity index (χ0) is 20.5. The largest absolute Gasteiger partial charge is 0.493 e. The van der Waals surface area contributed by atoms with E-state index in [0.717, 1.165) is 32.4 Å². The molecule has 0 aromatic heterocycles. The summed E-state index contributed by atoms with van der Waals surface area (Å²) >= 11 is 0. The van der Waals surface area contributed by atoms with Crippen molar-refractivity contribution in [2.45, 2.75) is 25.9 Å². The van der Waals surface area contributed by atoms with Crippen molar-refractivity contribution in [3.05, 3.63) is 23.8 Å². The molecule has 1 aromatic rings. The van der Waals surface area contributed by atoms with Crippen molar-refractivity contribution >= 4 is 11.8 Å². The molecular weight excluding hydrogens is 372 g/mol. The first-order valence-corrected chi connectivity index (χ1v) is 9.25. The molecular formula is C19H27F2N3O4. The normalized spacial score (nSPS) is 15.3. The summed E-state index contributed by atoms with van der Waals surface area (Å²) in [4.78, 5) is 26.4. The number of hydrogen-bond donors (Lipinski definition) is 2. The number of ether oxygens (including phenoxy) is 2. The lowest BCUT2D eigenvalue weighted by molar-refractivity contribution is -0.120. The number of carbonyl (C=O) groups excluding carboxylic acids is 2. The predicted molar refractivity (Wildman–Crippen MR) is 99.8 cm³/mol. The van der Waals surface area contributed by atoms with Gasteiger partial charge in [0.2, 0.25) is 5.91 Å². The molecule has 7 nitrogen and oxygen atoms in total. The van der Waals surface area contributed by atoms with Crippen molar-refractivity contribution in [1.82, 2.24) is 15.5 Å². The van der Waals surface area contributed by atoms with Crippen LogP contribution >= 0.6 is 0 Å². The monoisotopic (exact) mass is 399 g/mol. The van der Waals surface area contributed by atoms with Crippen molar-refractivity contribution in [2.75, 3.05) is 40.3 Å². The van der Waals surface area contributed by atoms with Gasteiger partial charge in [-0.05, 0) is 63.5 Å². The molecule has 1 saturated heterocycles. The Morgan fingerprint density at radius 1 is 1.21 bits per heavy atom. The average Bonchev–Trinajstić information content (AvgIpc) is 2.67. The highest BCUT2D eigenvalue weighted by Crippen LogP contribution is 2.29. The van der Waals surface area contributed by atoms with Crippen LogP contribution < -0.4 is 20.1 Å². The number of nitrogens with one attached hydrogen (secondary N) is 2. The molecule has 0 saturated carbocycles. The second-order valence-electron chi connectivity index (χ2n) is 6.81. The summed E-state index contributed by atoms with van der Waals surface area (Å²) in [6, 6.07) is 3.83. The minimum Gasteiger partial charge on any atom is -0.493 e. The van der Waals surface area contributed by atoms with Crippen molar-refractivity contribution in [1.29, 1.82) is 0 Å². The number of rotatable bonds is 9. The zero-order valence-corrected chi connectivity index (χ0v) is 16.2. The van der Waals surface area contributed by atoms with Gasteiger partial charge in [0.15, 0.2) is 11.5 Å². The number of likely N-dealkylation sites (tertiary alicyclic amines) is 1. The van der Waals surface area contributed by atoms with Crippen LogP contribution in [0.3, 0.4) is 0 Å². The molecule has 9 heteroatoms. The number of benzene rings is 1. The number of piperidine rings is 1. The lowest BCUT2D eigenvalue weighted by Crippen LogP contribution is -2.38. The van der Waals surface area contributed by atoms with Gasteiger partial charge >= 0.3 is 6.61 Å². The Hall–Kier alpha value is -2.42. The van der Waals surface area contributed by atoms with E-state index in [1.165, 1.54) is 25.3 Å². The van der Waals surface area contributed by atoms with E-state index in [9.17, 15) is 18.4 Å². The van der Waals surface area contributed by atoms with E-state index in [2.05, 4.69) is 27.3 Å². The second kappa shape index (κ2) is 10.8. The van der Waals surface area contributed by atoms with Crippen molar-refractivity contribution in [2.24, 2.45) is 5.92 Å². The van der Waals surface area contributed by atoms with E-state index in [-0.39, 0.29) is 29.5 Å². The Morgan fingerprint density at radius 2 is 1.93 bits per heavy atom. The molecule has 1 aliphatic heterocycles. The molecule has 1 aliphatic rings. The van der Waals surface area contributed by atoms with E-state index >= 15 is 0 Å². The van der Waals surface area contributed by atoms with Gasteiger partial charge in [0.25, 0.3) is 5.91 Å². The Kier molecular flexibility index (Phi) is 8.43. The maximum Gasteiger partial charge on any atom is 0.387 e. The maximum atomic E-state index is 12.3. The van der Waals surface area contributed by atoms with Crippen molar-refractivity contribution in [3.8, 4) is 11.5 Å². The van der Waals surface area contributed by atoms with Gasteiger partial charge in [-0.2, -0.15) is 8.78 Å². The first kappa shape index (κ1) is 21.9. The fourth-order valence-corrected chi connectivity index (χ4v) is 3.09. The number of alkyl halides is 2. The summed E-state index contributed by atoms with van der Waals surface area (Å²) in [5, 5.41) is 5.31. The van der Waals surface area contributed by atoms with Gasteiger partial charge in [-0.25, -0.2) is 0 Å². The number of hydrogen-bond acceptors (Lipinski definition) is 5. The van der Waals surface area contributed by atoms with Crippen LogP contribution in [0.5, 0.6) is 11.5 Å². The molecule has 156 valence electrons. The van der Waals surface area contributed by atoms with Crippen molar-refractivity contribution < 1.29 is 27.8 Å². The van der Waals surface area contributed by atoms with Gasteiger partial charge in [-0.3, -0.25) is 9.59 Å². The van der Waals surface area contributed by atoms with Crippen LogP contribution in [-0.4, -0.2) is 63.7 Å². The quantitative estimate of drug-likeness (QED) is 0.663. The lowest BCUT2D eigenvalue weighted by atomic mass is 9.94. The molecule has 0 aliphatic carbocycles. The average molecular weight is 399 g/mol. The van der Waals surface area contributed by atoms with Crippen LogP contribution in [0, 0.1) is 5.92 Å². The highest BCUT2D eigenvalue weighted by molar-refractivity contribution is 5.97. The second-order valence-corrected chi connectivity index (χ2v) is 6.81. The van der Waals surface area contributed by atoms with Crippen LogP contribution in [0.2, 0.25) is 0 Å². The summed E-state index contributed by atoms with van der Waals surface area (Å²) in [5.74, 6) is -0.318. The minimum absolute atomic E-state index is 0.00975. The van der Waals surface area contributed by atoms with Crippen LogP contribution in [-0.2, 0) is 4.79 Å². The molecule has 1 aromatic carbocycles. The maximum absolute atomic E-state index is 12.3. The Bertz CT molecular complexity index is 665. The third kappa shape index (κ3) is 6.95. The highest BCUT2D eigenvalue weighted by atomic mass is 19.3. The lowest BCUT2D eigenvalue weighted by Gasteiger charge is -2.28. The first-order valence-electron chi connectivity index (χ1n) is 9.25. The zero-order valence-electron chi connectivity index (χ0n) is 16.2. The third-order valence-corrected chi connectivity index (χ3v) is 4.76. The van der Waals surface area contributed by atoms with E-state index in [0.29, 0.717) is 12.5 Å². The van der Waals surface area contributed by atoms with Crippen LogP contribution in [0.25, 0.3) is 0 Å². The molecule has 0 unspecified atom stereocenters. The molecule has 1 heterocycles. The molecule has 0 bridgehead atoms. The van der Waals surface area contributed by atoms with E-state index < -0.39 is 12.5 Å². The number of nitrogens with zero attached hydrogens (tertiary/aromatic N) is 1. The van der Waals surface area contributed by atoms with Gasteiger partial charge in [0, 0.05) is 12.1 Å². The van der Waals surface area contributed by atoms with Crippen LogP contribution in [0.4, 0.5) is 8.78 Å². The Labute approximate surface area is 163 Å². The molecule has 2 rings (SSSR count). The summed E-state index contributed by atoms with van der Waals surface area (Å²) in [6.45, 7) is -0.411. The van der Waals surface area contributed by atoms with Crippen LogP contribution in [0.15, 0.2) is 18.2 Å². The molecule has 2 N–H and O–H groups in total. The van der Waals surface area contributed by atoms with E-state index in [1.54, 1.807) is 0 Å². The first-order chi connectivity index (χ1) is 13.4. The smallest absolute Gasteiger partial charge is 0.387 e. The van der Waals surface area contributed by atoms with Gasteiger partial charge in [0.05, 0.1) is 13.7 Å². The van der Waals surface area contributed by atoms with E-state index in [4.69, 9.17) is 4.74 Å². The Morgan fingerprint density at radius 3 is 2.57 bits per heavy atom. The molecule has 28 heavy (non-hydrogen) atoms. The minimum atomic E-state index is -2.99. The SMILES string of the molecule is COc1cc(C(=O)NCC(=O)NCCC2CCN(C)CC2)ccc1OC(F)F. The number of methoxy groups -OCH3 is 1. The number of carbonyl (C=O) groups is 2. The number of amides is 2. The van der Waals surface area contributed by atoms with Gasteiger partial charge in [0.1, 0.15) is 0 Å². The van der Waals surface area contributed by atoms with E-state index in [1.807, 2.05) is 0 Å². The topological polar surface area (TPSA) is 79.9 Å². The fourth-order valence-electron chi connectivity index (χ4n) is 3.09. The fraction of sp³-hybridized carbons (Fsp3) is 0.579. The molecule has 0 radical (unpaired) electrons. The standard InChI is InChI=1S/C19H27F2N3O4/c1-24-9-6-13(7-10-24)5-8-22-17(25)12-23-18(26)14-3-4-15(28-19(20)21)16(11-14)27-2/h3-4,11,13,19H,5-10,12H2,1-2H3,(H,22,25)(H,23,26). The summed E-state index contributed by atoms with van der Waals surface area (Å²) in [5.41, 5.74) is 0.178. The summed E-state index contributed by atoms with van der Waals surface area (Å²) in [7, 11) is 3.39. The van der Waals surface area contributed by atoms with Gasteiger partial charge in [-0.1, -0.05) is 0 Å². The molecule has 0 atom stereocenters. The summed E-state index contributed by atoms with van der Waals surface area (Å²) in [6.07, 6.45) is 3.20. The highest BCUT2D eigenvalue weighted by Gasteiger charge is 2.17. The Balaban J connectivity index is 1.74. The molecule has 0 spiro atoms. The summed E-state index contributed by atoms with van der Waals surface area (Å²) < 4.78 is 34.0. The van der Waals surface area contributed by atoms with Gasteiger partial charge < -0.3 is 25.0 Å².